The zero-order chi connectivity index (χ0) is 52.4. The van der Waals surface area contributed by atoms with Crippen molar-refractivity contribution in [1.29, 1.82) is 0 Å². The van der Waals surface area contributed by atoms with Crippen molar-refractivity contribution >= 4 is 43.3 Å². The highest BCUT2D eigenvalue weighted by Crippen LogP contribution is 2.37. The third-order valence-electron chi connectivity index (χ3n) is 13.0. The Hall–Kier alpha value is -5.48. The Morgan fingerprint density at radius 3 is 1.29 bits per heavy atom. The summed E-state index contributed by atoms with van der Waals surface area (Å²) in [5.74, 6) is 1.57. The van der Waals surface area contributed by atoms with Gasteiger partial charge in [0, 0.05) is 52.5 Å². The second-order valence-electron chi connectivity index (χ2n) is 19.4. The van der Waals surface area contributed by atoms with Gasteiger partial charge >= 0.3 is 12.1 Å². The number of likely N-dealkylation sites (tertiary alicyclic amines) is 2. The number of methoxy groups -OCH3 is 4. The lowest BCUT2D eigenvalue weighted by Crippen LogP contribution is -2.59. The molecule has 0 spiro atoms. The molecule has 4 aliphatic heterocycles. The molecular formula is C46H70N14O10S2. The molecule has 0 aliphatic carbocycles. The summed E-state index contributed by atoms with van der Waals surface area (Å²) >= 11 is 0. The summed E-state index contributed by atoms with van der Waals surface area (Å²) in [4.78, 5) is 39.6. The predicted molar refractivity (Wildman–Crippen MR) is 270 cm³/mol. The SMILES string of the molecule is COc1cc(C(C)C)c(NC(=O)N=S(N)(=O)c2cnn3c2OC[C@@H](N2CC(OC)C2)C3)c(C(C)C)n1.COc1cc(C(C)C)c(NC(=O)N=S(N)(=O)c2cnn3c2OC[C@@H](N2CC(OC)C2)C3)c(C(C)C)n1. The Kier molecular flexibility index (Phi) is 16.8. The van der Waals surface area contributed by atoms with Crippen LogP contribution < -0.4 is 39.9 Å². The van der Waals surface area contributed by atoms with Crippen LogP contribution in [-0.4, -0.2) is 152 Å². The molecule has 2 fully saturated rings. The minimum atomic E-state index is -3.62. The van der Waals surface area contributed by atoms with Gasteiger partial charge in [-0.2, -0.15) is 10.2 Å². The van der Waals surface area contributed by atoms with Crippen molar-refractivity contribution in [1.82, 2.24) is 39.3 Å². The number of aromatic nitrogens is 6. The van der Waals surface area contributed by atoms with Gasteiger partial charge in [0.2, 0.25) is 23.5 Å². The average Bonchev–Trinajstić information content (AvgIpc) is 3.93. The number of anilines is 2. The average molecular weight is 1040 g/mol. The number of carbonyl (C=O) groups excluding carboxylic acids is 2. The summed E-state index contributed by atoms with van der Waals surface area (Å²) in [5.41, 5.74) is 3.98. The number of nitrogens with one attached hydrogen (secondary N) is 2. The van der Waals surface area contributed by atoms with Crippen LogP contribution in [0.5, 0.6) is 23.5 Å². The fraction of sp³-hybridized carbons (Fsp3) is 0.609. The lowest BCUT2D eigenvalue weighted by atomic mass is 9.97. The van der Waals surface area contributed by atoms with Gasteiger partial charge in [0.25, 0.3) is 0 Å². The third-order valence-corrected chi connectivity index (χ3v) is 15.7. The summed E-state index contributed by atoms with van der Waals surface area (Å²) in [5, 5.41) is 26.3. The minimum Gasteiger partial charge on any atom is -0.481 e. The highest BCUT2D eigenvalue weighted by Gasteiger charge is 2.39. The topological polar surface area (TPSA) is 292 Å². The molecule has 4 aromatic rings. The number of amides is 4. The molecule has 6 N–H and O–H groups in total. The summed E-state index contributed by atoms with van der Waals surface area (Å²) in [6.07, 6.45) is 3.18. The molecule has 4 aliphatic rings. The van der Waals surface area contributed by atoms with Crippen molar-refractivity contribution in [3.63, 3.8) is 0 Å². The van der Waals surface area contributed by atoms with E-state index in [1.807, 2.05) is 55.4 Å². The van der Waals surface area contributed by atoms with E-state index >= 15 is 0 Å². The maximum absolute atomic E-state index is 13.4. The second-order valence-corrected chi connectivity index (χ2v) is 22.9. The number of carbonyl (C=O) groups is 2. The van der Waals surface area contributed by atoms with Crippen molar-refractivity contribution in [2.24, 2.45) is 19.0 Å². The Morgan fingerprint density at radius 1 is 0.625 bits per heavy atom. The van der Waals surface area contributed by atoms with Crippen molar-refractivity contribution in [3.05, 3.63) is 47.0 Å². The van der Waals surface area contributed by atoms with Crippen LogP contribution in [0.1, 0.15) is 102 Å². The van der Waals surface area contributed by atoms with E-state index in [0.29, 0.717) is 60.8 Å². The number of ether oxygens (including phenoxy) is 6. The molecule has 0 bridgehead atoms. The highest BCUT2D eigenvalue weighted by atomic mass is 32.2. The minimum absolute atomic E-state index is 0.00949. The molecule has 0 saturated carbocycles. The first kappa shape index (κ1) is 54.3. The van der Waals surface area contributed by atoms with Gasteiger partial charge in [0.15, 0.2) is 19.8 Å². The third kappa shape index (κ3) is 11.8. The first-order chi connectivity index (χ1) is 34.1. The van der Waals surface area contributed by atoms with E-state index in [0.717, 1.165) is 37.3 Å². The molecule has 0 aromatic carbocycles. The molecule has 4 aromatic heterocycles. The van der Waals surface area contributed by atoms with E-state index < -0.39 is 31.9 Å². The van der Waals surface area contributed by atoms with E-state index in [9.17, 15) is 18.0 Å². The van der Waals surface area contributed by atoms with E-state index in [1.165, 1.54) is 12.4 Å². The lowest BCUT2D eigenvalue weighted by Gasteiger charge is -2.44. The maximum atomic E-state index is 13.4. The molecule has 2 unspecified atom stereocenters. The number of urea groups is 2. The molecule has 2 saturated heterocycles. The van der Waals surface area contributed by atoms with Crippen LogP contribution in [-0.2, 0) is 42.4 Å². The van der Waals surface area contributed by atoms with Crippen LogP contribution in [0, 0.1) is 0 Å². The standard InChI is InChI=1S/2C23H35N7O5S/c2*1-13(2)17-7-19(34-6)26-20(14(3)4)21(17)27-23(31)28-36(24,32)18-8-25-30-9-15(12-35-22(18)30)29-10-16(11-29)33-5/h2*7-8,13-16H,9-12H2,1-6H3,(H3,24,27,28,31,32)/t2*15-,36?/m00/s1. The van der Waals surface area contributed by atoms with Crippen LogP contribution in [0.25, 0.3) is 0 Å². The monoisotopic (exact) mass is 1040 g/mol. The number of rotatable bonds is 14. The first-order valence-electron chi connectivity index (χ1n) is 23.9. The Labute approximate surface area is 421 Å². The van der Waals surface area contributed by atoms with Crippen LogP contribution in [0.15, 0.2) is 43.0 Å². The quantitative estimate of drug-likeness (QED) is 0.128. The molecule has 24 nitrogen and oxygen atoms in total. The normalized spacial score (nSPS) is 19.9. The molecule has 4 amide bonds. The van der Waals surface area contributed by atoms with Crippen LogP contribution >= 0.6 is 0 Å². The number of nitrogens with zero attached hydrogens (tertiary/aromatic N) is 10. The van der Waals surface area contributed by atoms with Crippen molar-refractivity contribution in [3.8, 4) is 23.5 Å². The molecular weight excluding hydrogens is 973 g/mol. The number of hydrogen-bond donors (Lipinski definition) is 4. The van der Waals surface area contributed by atoms with Crippen LogP contribution in [0.4, 0.5) is 21.0 Å². The smallest absolute Gasteiger partial charge is 0.354 e. The van der Waals surface area contributed by atoms with Gasteiger partial charge in [-0.05, 0) is 34.8 Å². The zero-order valence-electron chi connectivity index (χ0n) is 43.1. The second kappa shape index (κ2) is 22.3. The maximum Gasteiger partial charge on any atom is 0.354 e. The zero-order valence-corrected chi connectivity index (χ0v) is 44.7. The number of hydrogen-bond acceptors (Lipinski definition) is 16. The van der Waals surface area contributed by atoms with Gasteiger partial charge in [-0.25, -0.2) is 47.6 Å². The molecule has 8 rings (SSSR count). The van der Waals surface area contributed by atoms with Gasteiger partial charge in [-0.15, -0.1) is 8.73 Å². The Balaban J connectivity index is 0.000000211. The number of fused-ring (bicyclic) bond motifs is 2. The largest absolute Gasteiger partial charge is 0.481 e. The first-order valence-corrected chi connectivity index (χ1v) is 27.0. The fourth-order valence-electron chi connectivity index (χ4n) is 8.75. The van der Waals surface area contributed by atoms with E-state index in [1.54, 1.807) is 49.9 Å². The van der Waals surface area contributed by atoms with Crippen LogP contribution in [0.2, 0.25) is 0 Å². The molecule has 72 heavy (non-hydrogen) atoms. The van der Waals surface area contributed by atoms with Gasteiger partial charge in [0.1, 0.15) is 23.0 Å². The summed E-state index contributed by atoms with van der Waals surface area (Å²) in [6, 6.07) is 2.12. The van der Waals surface area contributed by atoms with E-state index in [-0.39, 0.29) is 69.5 Å². The predicted octanol–water partition coefficient (Wildman–Crippen LogP) is 5.12. The Bertz CT molecular complexity index is 2620. The van der Waals surface area contributed by atoms with Crippen molar-refractivity contribution in [2.45, 2.75) is 126 Å². The molecule has 4 atom stereocenters. The van der Waals surface area contributed by atoms with E-state index in [2.05, 4.69) is 49.3 Å². The van der Waals surface area contributed by atoms with Crippen molar-refractivity contribution in [2.75, 3.05) is 78.5 Å². The number of pyridine rings is 2. The van der Waals surface area contributed by atoms with Crippen molar-refractivity contribution < 1.29 is 46.4 Å². The van der Waals surface area contributed by atoms with Gasteiger partial charge in [-0.1, -0.05) is 55.4 Å². The summed E-state index contributed by atoms with van der Waals surface area (Å²) in [7, 11) is -0.750. The fourth-order valence-corrected chi connectivity index (χ4v) is 10.8. The van der Waals surface area contributed by atoms with Gasteiger partial charge < -0.3 is 39.1 Å². The molecule has 8 heterocycles. The lowest BCUT2D eigenvalue weighted by molar-refractivity contribution is -0.0687. The molecule has 26 heteroatoms. The molecule has 396 valence electrons. The van der Waals surface area contributed by atoms with E-state index in [4.69, 9.17) is 38.7 Å². The van der Waals surface area contributed by atoms with Gasteiger partial charge in [-0.3, -0.25) is 9.80 Å². The highest BCUT2D eigenvalue weighted by molar-refractivity contribution is 7.92. The van der Waals surface area contributed by atoms with Crippen LogP contribution in [0.3, 0.4) is 0 Å². The van der Waals surface area contributed by atoms with Gasteiger partial charge in [0.05, 0.1) is 86.8 Å². The summed E-state index contributed by atoms with van der Waals surface area (Å²) < 4.78 is 70.8. The Morgan fingerprint density at radius 2 is 0.986 bits per heavy atom. The number of nitrogens with two attached hydrogens (primary N) is 2. The molecule has 0 radical (unpaired) electrons. The summed E-state index contributed by atoms with van der Waals surface area (Å²) in [6.45, 7) is 21.0.